The molecule has 2 fully saturated rings. The highest BCUT2D eigenvalue weighted by molar-refractivity contribution is 5.96. The molecule has 2 aromatic carbocycles. The van der Waals surface area contributed by atoms with E-state index in [1.165, 1.54) is 33.4 Å². The van der Waals surface area contributed by atoms with E-state index in [0.29, 0.717) is 25.7 Å². The highest BCUT2D eigenvalue weighted by atomic mass is 16.5. The van der Waals surface area contributed by atoms with Crippen molar-refractivity contribution in [3.05, 3.63) is 78.0 Å². The minimum absolute atomic E-state index is 0.0562. The summed E-state index contributed by atoms with van der Waals surface area (Å²) >= 11 is 0. The van der Waals surface area contributed by atoms with Crippen LogP contribution in [0.15, 0.2) is 61.3 Å². The lowest BCUT2D eigenvalue weighted by atomic mass is 9.72. The summed E-state index contributed by atoms with van der Waals surface area (Å²) in [6.45, 7) is 9.90. The average Bonchev–Trinajstić information content (AvgIpc) is 3.57. The van der Waals surface area contributed by atoms with Gasteiger partial charge in [0.1, 0.15) is 5.75 Å². The third kappa shape index (κ3) is 9.70. The van der Waals surface area contributed by atoms with Gasteiger partial charge in [-0.15, -0.1) is 6.58 Å². The Labute approximate surface area is 317 Å². The fourth-order valence-electron chi connectivity index (χ4n) is 8.98. The molecule has 3 aliphatic rings. The Hall–Kier alpha value is -3.70. The molecule has 0 spiro atoms. The highest BCUT2D eigenvalue weighted by Gasteiger charge is 2.44. The number of urea groups is 1. The van der Waals surface area contributed by atoms with Gasteiger partial charge in [-0.25, -0.2) is 4.79 Å². The Kier molecular flexibility index (Phi) is 14.2. The fourth-order valence-corrected chi connectivity index (χ4v) is 8.98. The van der Waals surface area contributed by atoms with Crippen LogP contribution in [0.5, 0.6) is 5.75 Å². The van der Waals surface area contributed by atoms with Gasteiger partial charge in [0.2, 0.25) is 5.91 Å². The summed E-state index contributed by atoms with van der Waals surface area (Å²) in [6.07, 6.45) is 11.9. The van der Waals surface area contributed by atoms with E-state index in [9.17, 15) is 14.7 Å². The number of ether oxygens (including phenoxy) is 1. The number of aromatic amines is 1. The van der Waals surface area contributed by atoms with Gasteiger partial charge in [0.05, 0.1) is 18.6 Å². The van der Waals surface area contributed by atoms with Crippen LogP contribution >= 0.6 is 0 Å². The number of aromatic nitrogens is 1. The number of nitrogens with one attached hydrogen (secondary N) is 2. The van der Waals surface area contributed by atoms with Crippen molar-refractivity contribution in [2.24, 2.45) is 5.92 Å². The number of methoxy groups -OCH3 is 1. The summed E-state index contributed by atoms with van der Waals surface area (Å²) in [4.78, 5) is 38.1. The molecule has 10 heteroatoms. The molecule has 290 valence electrons. The molecule has 2 aliphatic carbocycles. The number of amides is 3. The van der Waals surface area contributed by atoms with E-state index in [1.54, 1.807) is 7.11 Å². The number of hydrogen-bond donors (Lipinski definition) is 3. The number of likely N-dealkylation sites (N-methyl/N-ethyl adjacent to an activating group) is 1. The fraction of sp³-hybridized carbons (Fsp3) is 0.581. The predicted molar refractivity (Wildman–Crippen MR) is 215 cm³/mol. The molecule has 3 amide bonds. The molecule has 1 aromatic heterocycles. The molecule has 1 saturated heterocycles. The lowest BCUT2D eigenvalue weighted by molar-refractivity contribution is -0.135. The standard InChI is InChI=1S/C26H37N5O2.C17H27NO2/c1-5-11-30-17-19(25(32)31(26(33)27-6-2)13-8-12-29(3)4)14-21-20-9-7-10-22-24(20)18(16-28-22)15-23(21)30;1-18(2)13-16(17(19)11-5-4-6-12-17)14-7-9-15(20-3)10-8-14/h5,7,9-10,16,19,21,23,28H,1,6,8,11-15,17H2,2-4H3,(H,27,33);7-10,16,19H,4-6,11-13H2,1-3H3/t19-,21-,23-;/m1./s1. The Morgan fingerprint density at radius 1 is 1.08 bits per heavy atom. The average molecular weight is 729 g/mol. The lowest BCUT2D eigenvalue weighted by Gasteiger charge is -2.47. The minimum atomic E-state index is -0.558. The summed E-state index contributed by atoms with van der Waals surface area (Å²) in [7, 11) is 9.84. The van der Waals surface area contributed by atoms with Crippen LogP contribution in [-0.2, 0) is 11.2 Å². The number of piperidine rings is 1. The number of rotatable bonds is 13. The van der Waals surface area contributed by atoms with Crippen LogP contribution in [0.3, 0.4) is 0 Å². The minimum Gasteiger partial charge on any atom is -0.497 e. The second-order valence-electron chi connectivity index (χ2n) is 15.9. The normalized spacial score (nSPS) is 21.3. The summed E-state index contributed by atoms with van der Waals surface area (Å²) in [6, 6.07) is 14.7. The number of likely N-dealkylation sites (tertiary alicyclic amines) is 1. The molecule has 1 saturated carbocycles. The summed E-state index contributed by atoms with van der Waals surface area (Å²) < 4.78 is 5.23. The van der Waals surface area contributed by atoms with Crippen molar-refractivity contribution in [1.82, 2.24) is 29.9 Å². The zero-order valence-electron chi connectivity index (χ0n) is 33.1. The van der Waals surface area contributed by atoms with Crippen LogP contribution in [0.1, 0.15) is 80.4 Å². The van der Waals surface area contributed by atoms with Crippen LogP contribution in [0.4, 0.5) is 4.79 Å². The molecule has 3 aromatic rings. The van der Waals surface area contributed by atoms with Gasteiger partial charge in [-0.2, -0.15) is 0 Å². The van der Waals surface area contributed by atoms with Gasteiger partial charge >= 0.3 is 6.03 Å². The Morgan fingerprint density at radius 2 is 1.81 bits per heavy atom. The SMILES string of the molecule is C=CCN1C[C@H](C(=O)N(CCCN(C)C)C(=O)NCC)C[C@@H]2c3cccc4[nH]cc(c34)C[C@H]21.COc1ccc(C(CN(C)C)C2(O)CCCCC2)cc1. The first-order valence-corrected chi connectivity index (χ1v) is 19.7. The maximum absolute atomic E-state index is 13.7. The molecule has 10 nitrogen and oxygen atoms in total. The molecule has 0 radical (unpaired) electrons. The highest BCUT2D eigenvalue weighted by Crippen LogP contribution is 2.45. The van der Waals surface area contributed by atoms with E-state index >= 15 is 0 Å². The molecule has 1 unspecified atom stereocenters. The van der Waals surface area contributed by atoms with Gasteiger partial charge in [-0.3, -0.25) is 14.6 Å². The Balaban J connectivity index is 0.000000231. The van der Waals surface area contributed by atoms with Crippen molar-refractivity contribution in [2.45, 2.75) is 81.8 Å². The number of fused-ring (bicyclic) bond motifs is 2. The van der Waals surface area contributed by atoms with Crippen molar-refractivity contribution in [2.75, 3.05) is 74.6 Å². The zero-order chi connectivity index (χ0) is 38.1. The number of H-pyrrole nitrogens is 1. The molecule has 3 N–H and O–H groups in total. The van der Waals surface area contributed by atoms with Crippen molar-refractivity contribution < 1.29 is 19.4 Å². The number of carbonyl (C=O) groups excluding carboxylic acids is 2. The zero-order valence-corrected chi connectivity index (χ0v) is 33.1. The van der Waals surface area contributed by atoms with Crippen LogP contribution < -0.4 is 10.1 Å². The van der Waals surface area contributed by atoms with Crippen molar-refractivity contribution in [3.8, 4) is 5.75 Å². The number of aliphatic hydroxyl groups is 1. The summed E-state index contributed by atoms with van der Waals surface area (Å²) in [5.41, 5.74) is 4.50. The van der Waals surface area contributed by atoms with E-state index in [0.717, 1.165) is 75.8 Å². The largest absolute Gasteiger partial charge is 0.497 e. The Morgan fingerprint density at radius 3 is 2.45 bits per heavy atom. The smallest absolute Gasteiger partial charge is 0.324 e. The van der Waals surface area contributed by atoms with Crippen LogP contribution in [0, 0.1) is 5.92 Å². The molecule has 2 heterocycles. The number of imide groups is 1. The molecule has 53 heavy (non-hydrogen) atoms. The number of hydrogen-bond acceptors (Lipinski definition) is 7. The van der Waals surface area contributed by atoms with Gasteiger partial charge < -0.3 is 29.9 Å². The van der Waals surface area contributed by atoms with E-state index in [1.807, 2.05) is 39.2 Å². The van der Waals surface area contributed by atoms with Gasteiger partial charge in [0.15, 0.2) is 0 Å². The van der Waals surface area contributed by atoms with E-state index in [-0.39, 0.29) is 29.7 Å². The topological polar surface area (TPSA) is 104 Å². The molecular formula is C43H64N6O4. The monoisotopic (exact) mass is 728 g/mol. The number of benzene rings is 2. The predicted octanol–water partition coefficient (Wildman–Crippen LogP) is 6.23. The van der Waals surface area contributed by atoms with Crippen LogP contribution in [0.25, 0.3) is 10.9 Å². The maximum Gasteiger partial charge on any atom is 0.324 e. The van der Waals surface area contributed by atoms with E-state index in [2.05, 4.69) is 82.2 Å². The van der Waals surface area contributed by atoms with E-state index < -0.39 is 5.60 Å². The first kappa shape index (κ1) is 40.5. The van der Waals surface area contributed by atoms with Gasteiger partial charge in [0, 0.05) is 67.7 Å². The van der Waals surface area contributed by atoms with E-state index in [4.69, 9.17) is 4.74 Å². The lowest BCUT2D eigenvalue weighted by Crippen LogP contribution is -2.55. The first-order chi connectivity index (χ1) is 25.5. The Bertz CT molecular complexity index is 1650. The summed E-state index contributed by atoms with van der Waals surface area (Å²) in [5.74, 6) is 1.03. The van der Waals surface area contributed by atoms with Crippen molar-refractivity contribution >= 4 is 22.8 Å². The van der Waals surface area contributed by atoms with Crippen molar-refractivity contribution in [3.63, 3.8) is 0 Å². The molecule has 6 rings (SSSR count). The first-order valence-electron chi connectivity index (χ1n) is 19.7. The van der Waals surface area contributed by atoms with Crippen LogP contribution in [-0.4, -0.2) is 128 Å². The summed E-state index contributed by atoms with van der Waals surface area (Å²) in [5, 5.41) is 15.3. The second-order valence-corrected chi connectivity index (χ2v) is 15.9. The third-order valence-corrected chi connectivity index (χ3v) is 11.5. The maximum atomic E-state index is 13.7. The van der Waals surface area contributed by atoms with Gasteiger partial charge in [0.25, 0.3) is 0 Å². The molecule has 0 bridgehead atoms. The van der Waals surface area contributed by atoms with Crippen molar-refractivity contribution in [1.29, 1.82) is 0 Å². The van der Waals surface area contributed by atoms with Gasteiger partial charge in [-0.1, -0.05) is 49.6 Å². The third-order valence-electron chi connectivity index (χ3n) is 11.5. The quantitative estimate of drug-likeness (QED) is 0.180. The second kappa shape index (κ2) is 18.6. The molecule has 4 atom stereocenters. The van der Waals surface area contributed by atoms with Crippen LogP contribution in [0.2, 0.25) is 0 Å². The number of carbonyl (C=O) groups is 2. The van der Waals surface area contributed by atoms with Gasteiger partial charge in [-0.05, 0) is 109 Å². The molecule has 1 aliphatic heterocycles. The molecular weight excluding hydrogens is 665 g/mol. The number of nitrogens with zero attached hydrogens (tertiary/aromatic N) is 4.